The molecule has 0 amide bonds. The molecule has 1 fully saturated rings. The van der Waals surface area contributed by atoms with Crippen molar-refractivity contribution in [1.29, 1.82) is 0 Å². The molecule has 1 aliphatic rings. The van der Waals surface area contributed by atoms with Gasteiger partial charge in [0.2, 0.25) is 0 Å². The number of rotatable bonds is 8. The number of unbranched alkanes of at least 4 members (excludes halogenated alkanes) is 1. The maximum absolute atomic E-state index is 11.2. The van der Waals surface area contributed by atoms with E-state index in [1.165, 1.54) is 0 Å². The fourth-order valence-electron chi connectivity index (χ4n) is 2.19. The van der Waals surface area contributed by atoms with Gasteiger partial charge in [0.05, 0.1) is 19.8 Å². The largest absolute Gasteiger partial charge is 0.466 e. The lowest BCUT2D eigenvalue weighted by Gasteiger charge is -2.26. The van der Waals surface area contributed by atoms with Crippen molar-refractivity contribution in [1.82, 2.24) is 0 Å². The van der Waals surface area contributed by atoms with Gasteiger partial charge in [-0.1, -0.05) is 13.3 Å². The van der Waals surface area contributed by atoms with Crippen molar-refractivity contribution in [3.05, 3.63) is 0 Å². The summed E-state index contributed by atoms with van der Waals surface area (Å²) in [5, 5.41) is 0. The Kier molecular flexibility index (Phi) is 6.52. The van der Waals surface area contributed by atoms with Crippen LogP contribution in [0.2, 0.25) is 0 Å². The lowest BCUT2D eigenvalue weighted by atomic mass is 10.0. The minimum absolute atomic E-state index is 0.106. The van der Waals surface area contributed by atoms with E-state index in [-0.39, 0.29) is 11.8 Å². The van der Waals surface area contributed by atoms with Gasteiger partial charge in [-0.3, -0.25) is 4.79 Å². The van der Waals surface area contributed by atoms with Crippen LogP contribution in [0.25, 0.3) is 0 Å². The molecular formula is C13H24O4. The third-order valence-electron chi connectivity index (χ3n) is 2.94. The zero-order chi connectivity index (χ0) is 12.6. The van der Waals surface area contributed by atoms with E-state index in [1.807, 2.05) is 6.92 Å². The third kappa shape index (κ3) is 5.04. The molecule has 4 nitrogen and oxygen atoms in total. The van der Waals surface area contributed by atoms with Crippen LogP contribution in [0.5, 0.6) is 0 Å². The zero-order valence-corrected chi connectivity index (χ0v) is 11.0. The van der Waals surface area contributed by atoms with Gasteiger partial charge in [-0.25, -0.2) is 0 Å². The van der Waals surface area contributed by atoms with Crippen LogP contribution in [-0.2, 0) is 19.0 Å². The Morgan fingerprint density at radius 1 is 1.18 bits per heavy atom. The number of hydrogen-bond donors (Lipinski definition) is 0. The van der Waals surface area contributed by atoms with Gasteiger partial charge in [0, 0.05) is 19.3 Å². The highest BCUT2D eigenvalue weighted by Crippen LogP contribution is 2.30. The predicted molar refractivity (Wildman–Crippen MR) is 64.6 cm³/mol. The van der Waals surface area contributed by atoms with Crippen molar-refractivity contribution in [2.45, 2.75) is 58.2 Å². The van der Waals surface area contributed by atoms with Crippen molar-refractivity contribution < 1.29 is 19.0 Å². The monoisotopic (exact) mass is 244 g/mol. The summed E-state index contributed by atoms with van der Waals surface area (Å²) in [5.41, 5.74) is 0. The molecule has 0 spiro atoms. The Bertz CT molecular complexity index is 221. The molecule has 0 aromatic carbocycles. The van der Waals surface area contributed by atoms with E-state index in [0.717, 1.165) is 32.1 Å². The number of esters is 1. The average Bonchev–Trinajstić information content (AvgIpc) is 2.75. The quantitative estimate of drug-likeness (QED) is 0.486. The minimum Gasteiger partial charge on any atom is -0.466 e. The van der Waals surface area contributed by atoms with Crippen LogP contribution in [0, 0.1) is 0 Å². The summed E-state index contributed by atoms with van der Waals surface area (Å²) in [6, 6.07) is 0. The summed E-state index contributed by atoms with van der Waals surface area (Å²) >= 11 is 0. The molecule has 0 bridgehead atoms. The maximum atomic E-state index is 11.2. The summed E-state index contributed by atoms with van der Waals surface area (Å²) in [4.78, 5) is 11.2. The smallest absolute Gasteiger partial charge is 0.305 e. The molecule has 0 saturated carbocycles. The van der Waals surface area contributed by atoms with Crippen molar-refractivity contribution in [3.63, 3.8) is 0 Å². The second kappa shape index (κ2) is 7.67. The van der Waals surface area contributed by atoms with Crippen LogP contribution in [0.3, 0.4) is 0 Å². The van der Waals surface area contributed by atoms with Crippen molar-refractivity contribution in [3.8, 4) is 0 Å². The van der Waals surface area contributed by atoms with Crippen molar-refractivity contribution in [2.75, 3.05) is 19.8 Å². The van der Waals surface area contributed by atoms with Crippen molar-refractivity contribution >= 4 is 5.97 Å². The molecular weight excluding hydrogens is 220 g/mol. The van der Waals surface area contributed by atoms with Crippen LogP contribution >= 0.6 is 0 Å². The fraction of sp³-hybridized carbons (Fsp3) is 0.923. The Hall–Kier alpha value is -0.610. The third-order valence-corrected chi connectivity index (χ3v) is 2.94. The van der Waals surface area contributed by atoms with Gasteiger partial charge in [-0.05, 0) is 19.8 Å². The molecule has 1 saturated heterocycles. The second-order valence-electron chi connectivity index (χ2n) is 4.37. The molecule has 1 aliphatic heterocycles. The van der Waals surface area contributed by atoms with Gasteiger partial charge in [0.1, 0.15) is 0 Å². The molecule has 0 N–H and O–H groups in total. The number of carbonyl (C=O) groups excluding carboxylic acids is 1. The number of carbonyl (C=O) groups is 1. The molecule has 1 heterocycles. The highest BCUT2D eigenvalue weighted by molar-refractivity contribution is 5.69. The fourth-order valence-corrected chi connectivity index (χ4v) is 2.19. The van der Waals surface area contributed by atoms with Gasteiger partial charge in [0.15, 0.2) is 5.79 Å². The van der Waals surface area contributed by atoms with E-state index >= 15 is 0 Å². The Balaban J connectivity index is 2.17. The van der Waals surface area contributed by atoms with E-state index < -0.39 is 0 Å². The molecule has 17 heavy (non-hydrogen) atoms. The maximum Gasteiger partial charge on any atom is 0.305 e. The predicted octanol–water partition coefficient (Wildman–Crippen LogP) is 2.65. The molecule has 1 rings (SSSR count). The van der Waals surface area contributed by atoms with Gasteiger partial charge < -0.3 is 14.2 Å². The first-order valence-electron chi connectivity index (χ1n) is 6.66. The van der Waals surface area contributed by atoms with Gasteiger partial charge >= 0.3 is 5.97 Å². The Morgan fingerprint density at radius 3 is 2.47 bits per heavy atom. The lowest BCUT2D eigenvalue weighted by molar-refractivity contribution is -0.168. The minimum atomic E-state index is -0.372. The highest BCUT2D eigenvalue weighted by atomic mass is 16.7. The molecule has 0 radical (unpaired) electrons. The van der Waals surface area contributed by atoms with E-state index in [4.69, 9.17) is 14.2 Å². The normalized spacial score (nSPS) is 18.2. The topological polar surface area (TPSA) is 44.8 Å². The lowest BCUT2D eigenvalue weighted by Crippen LogP contribution is -2.29. The number of hydrogen-bond acceptors (Lipinski definition) is 4. The summed E-state index contributed by atoms with van der Waals surface area (Å²) in [6.07, 6.45) is 5.15. The van der Waals surface area contributed by atoms with Gasteiger partial charge in [-0.2, -0.15) is 0 Å². The summed E-state index contributed by atoms with van der Waals surface area (Å²) < 4.78 is 16.3. The zero-order valence-electron chi connectivity index (χ0n) is 11.0. The molecule has 100 valence electrons. The molecule has 0 aromatic rings. The van der Waals surface area contributed by atoms with Crippen LogP contribution in [-0.4, -0.2) is 31.6 Å². The second-order valence-corrected chi connectivity index (χ2v) is 4.37. The van der Waals surface area contributed by atoms with Crippen molar-refractivity contribution in [2.24, 2.45) is 0 Å². The van der Waals surface area contributed by atoms with Crippen LogP contribution < -0.4 is 0 Å². The molecule has 4 heteroatoms. The standard InChI is InChI=1S/C13H24O4/c1-3-8-13(16-10-11-17-13)9-6-5-7-12(14)15-4-2/h3-11H2,1-2H3. The Morgan fingerprint density at radius 2 is 1.88 bits per heavy atom. The average molecular weight is 244 g/mol. The van der Waals surface area contributed by atoms with E-state index in [0.29, 0.717) is 26.2 Å². The van der Waals surface area contributed by atoms with E-state index in [1.54, 1.807) is 0 Å². The summed E-state index contributed by atoms with van der Waals surface area (Å²) in [6.45, 7) is 5.81. The summed E-state index contributed by atoms with van der Waals surface area (Å²) in [5.74, 6) is -0.478. The SMILES string of the molecule is CCCC1(CCCCC(=O)OCC)OCCO1. The highest BCUT2D eigenvalue weighted by Gasteiger charge is 2.34. The first kappa shape index (κ1) is 14.5. The van der Waals surface area contributed by atoms with Crippen LogP contribution in [0.1, 0.15) is 52.4 Å². The van der Waals surface area contributed by atoms with E-state index in [2.05, 4.69) is 6.92 Å². The first-order valence-corrected chi connectivity index (χ1v) is 6.66. The Labute approximate surface area is 104 Å². The molecule has 0 aromatic heterocycles. The van der Waals surface area contributed by atoms with Gasteiger partial charge in [-0.15, -0.1) is 0 Å². The first-order chi connectivity index (χ1) is 8.22. The van der Waals surface area contributed by atoms with Crippen LogP contribution in [0.4, 0.5) is 0 Å². The van der Waals surface area contributed by atoms with Gasteiger partial charge in [0.25, 0.3) is 0 Å². The molecule has 0 aliphatic carbocycles. The van der Waals surface area contributed by atoms with Crippen LogP contribution in [0.15, 0.2) is 0 Å². The summed E-state index contributed by atoms with van der Waals surface area (Å²) in [7, 11) is 0. The number of ether oxygens (including phenoxy) is 3. The molecule has 0 atom stereocenters. The van der Waals surface area contributed by atoms with E-state index in [9.17, 15) is 4.79 Å². The molecule has 0 unspecified atom stereocenters.